The third kappa shape index (κ3) is 2.23. The smallest absolute Gasteiger partial charge is 0.135 e. The molecular formula is C20H14O. The first-order chi connectivity index (χ1) is 10.4. The second kappa shape index (κ2) is 4.95. The predicted molar refractivity (Wildman–Crippen MR) is 87.1 cm³/mol. The molecule has 0 fully saturated rings. The molecule has 1 heteroatoms. The zero-order valence-electron chi connectivity index (χ0n) is 11.5. The molecule has 1 nitrogen and oxygen atoms in total. The summed E-state index contributed by atoms with van der Waals surface area (Å²) in [5.41, 5.74) is 4.48. The van der Waals surface area contributed by atoms with Gasteiger partial charge in [0.2, 0.25) is 0 Å². The minimum Gasteiger partial charge on any atom is -0.456 e. The summed E-state index contributed by atoms with van der Waals surface area (Å²) in [5, 5.41) is 1.14. The molecule has 21 heavy (non-hydrogen) atoms. The fourth-order valence-electron chi connectivity index (χ4n) is 2.58. The minimum atomic E-state index is 0.913. The highest BCUT2D eigenvalue weighted by Crippen LogP contribution is 2.29. The Labute approximate surface area is 123 Å². The Bertz CT molecular complexity index is 838. The summed E-state index contributed by atoms with van der Waals surface area (Å²) >= 11 is 0. The molecule has 1 heterocycles. The number of furan rings is 1. The molecule has 0 bridgehead atoms. The molecule has 0 aliphatic rings. The van der Waals surface area contributed by atoms with Crippen molar-refractivity contribution in [3.05, 3.63) is 84.9 Å². The van der Waals surface area contributed by atoms with Gasteiger partial charge in [0.05, 0.1) is 0 Å². The van der Waals surface area contributed by atoms with E-state index in [-0.39, 0.29) is 0 Å². The lowest BCUT2D eigenvalue weighted by atomic mass is 10.0. The summed E-state index contributed by atoms with van der Waals surface area (Å²) in [4.78, 5) is 0. The lowest BCUT2D eigenvalue weighted by Crippen LogP contribution is -1.78. The quantitative estimate of drug-likeness (QED) is 0.451. The van der Waals surface area contributed by atoms with Gasteiger partial charge in [0.1, 0.15) is 11.3 Å². The van der Waals surface area contributed by atoms with E-state index in [4.69, 9.17) is 4.42 Å². The van der Waals surface area contributed by atoms with Gasteiger partial charge in [-0.25, -0.2) is 0 Å². The molecule has 4 aromatic rings. The van der Waals surface area contributed by atoms with Crippen LogP contribution in [0.25, 0.3) is 33.4 Å². The number of hydrogen-bond acceptors (Lipinski definition) is 1. The third-order valence-corrected chi connectivity index (χ3v) is 3.70. The average molecular weight is 270 g/mol. The molecule has 0 saturated heterocycles. The van der Waals surface area contributed by atoms with E-state index >= 15 is 0 Å². The molecule has 0 radical (unpaired) electrons. The second-order valence-electron chi connectivity index (χ2n) is 5.09. The first kappa shape index (κ1) is 12.0. The van der Waals surface area contributed by atoms with E-state index < -0.39 is 0 Å². The second-order valence-corrected chi connectivity index (χ2v) is 5.09. The predicted octanol–water partition coefficient (Wildman–Crippen LogP) is 5.77. The van der Waals surface area contributed by atoms with Crippen molar-refractivity contribution in [3.8, 4) is 22.5 Å². The molecule has 0 amide bonds. The Morgan fingerprint density at radius 2 is 1.14 bits per heavy atom. The van der Waals surface area contributed by atoms with Crippen LogP contribution in [-0.2, 0) is 0 Å². The summed E-state index contributed by atoms with van der Waals surface area (Å²) in [6.07, 6.45) is 0. The van der Waals surface area contributed by atoms with Crippen molar-refractivity contribution in [2.45, 2.75) is 0 Å². The topological polar surface area (TPSA) is 13.1 Å². The standard InChI is InChI=1S/C20H14O/c1-2-6-15(7-3-1)16-10-12-17(13-11-16)20-14-18-8-4-5-9-19(18)21-20/h1-14H. The number of hydrogen-bond donors (Lipinski definition) is 0. The fraction of sp³-hybridized carbons (Fsp3) is 0. The van der Waals surface area contributed by atoms with Gasteiger partial charge in [-0.3, -0.25) is 0 Å². The molecular weight excluding hydrogens is 256 g/mol. The Kier molecular flexibility index (Phi) is 2.82. The van der Waals surface area contributed by atoms with Crippen LogP contribution in [0.4, 0.5) is 0 Å². The summed E-state index contributed by atoms with van der Waals surface area (Å²) in [5.74, 6) is 0.913. The maximum absolute atomic E-state index is 5.90. The molecule has 1 aromatic heterocycles. The Morgan fingerprint density at radius 1 is 0.524 bits per heavy atom. The third-order valence-electron chi connectivity index (χ3n) is 3.70. The number of fused-ring (bicyclic) bond motifs is 1. The van der Waals surface area contributed by atoms with E-state index in [1.807, 2.05) is 24.3 Å². The van der Waals surface area contributed by atoms with Crippen molar-refractivity contribution < 1.29 is 4.42 Å². The monoisotopic (exact) mass is 270 g/mol. The Morgan fingerprint density at radius 3 is 1.90 bits per heavy atom. The van der Waals surface area contributed by atoms with Crippen LogP contribution in [0, 0.1) is 0 Å². The fourth-order valence-corrected chi connectivity index (χ4v) is 2.58. The molecule has 3 aromatic carbocycles. The summed E-state index contributed by atoms with van der Waals surface area (Å²) in [6, 6.07) is 29.1. The van der Waals surface area contributed by atoms with Gasteiger partial charge in [-0.2, -0.15) is 0 Å². The molecule has 4 rings (SSSR count). The maximum Gasteiger partial charge on any atom is 0.135 e. The largest absolute Gasteiger partial charge is 0.456 e. The Hall–Kier alpha value is -2.80. The first-order valence-electron chi connectivity index (χ1n) is 7.04. The average Bonchev–Trinajstić information content (AvgIpc) is 3.00. The highest BCUT2D eigenvalue weighted by Gasteiger charge is 2.06. The summed E-state index contributed by atoms with van der Waals surface area (Å²) < 4.78 is 5.90. The van der Waals surface area contributed by atoms with Crippen LogP contribution in [0.2, 0.25) is 0 Å². The zero-order chi connectivity index (χ0) is 14.1. The van der Waals surface area contributed by atoms with Gasteiger partial charge in [-0.05, 0) is 23.3 Å². The lowest BCUT2D eigenvalue weighted by Gasteiger charge is -2.02. The van der Waals surface area contributed by atoms with Crippen LogP contribution in [0.3, 0.4) is 0 Å². The van der Waals surface area contributed by atoms with E-state index in [1.165, 1.54) is 11.1 Å². The van der Waals surface area contributed by atoms with E-state index in [0.29, 0.717) is 0 Å². The van der Waals surface area contributed by atoms with Crippen LogP contribution in [0.1, 0.15) is 0 Å². The highest BCUT2D eigenvalue weighted by atomic mass is 16.3. The molecule has 0 spiro atoms. The summed E-state index contributed by atoms with van der Waals surface area (Å²) in [6.45, 7) is 0. The van der Waals surface area contributed by atoms with Gasteiger partial charge in [0.25, 0.3) is 0 Å². The molecule has 0 unspecified atom stereocenters. The van der Waals surface area contributed by atoms with E-state index in [1.54, 1.807) is 0 Å². The highest BCUT2D eigenvalue weighted by molar-refractivity contribution is 5.83. The van der Waals surface area contributed by atoms with Crippen LogP contribution in [0.15, 0.2) is 89.3 Å². The molecule has 100 valence electrons. The van der Waals surface area contributed by atoms with E-state index in [9.17, 15) is 0 Å². The van der Waals surface area contributed by atoms with Gasteiger partial charge >= 0.3 is 0 Å². The molecule has 0 aliphatic carbocycles. The van der Waals surface area contributed by atoms with Crippen molar-refractivity contribution in [1.29, 1.82) is 0 Å². The van der Waals surface area contributed by atoms with Crippen LogP contribution >= 0.6 is 0 Å². The van der Waals surface area contributed by atoms with Crippen molar-refractivity contribution in [2.24, 2.45) is 0 Å². The van der Waals surface area contributed by atoms with Gasteiger partial charge in [-0.15, -0.1) is 0 Å². The normalized spacial score (nSPS) is 10.9. The zero-order valence-corrected chi connectivity index (χ0v) is 11.5. The van der Waals surface area contributed by atoms with E-state index in [2.05, 4.69) is 60.7 Å². The van der Waals surface area contributed by atoms with Crippen LogP contribution in [0.5, 0.6) is 0 Å². The number of para-hydroxylation sites is 1. The van der Waals surface area contributed by atoms with Gasteiger partial charge in [-0.1, -0.05) is 72.8 Å². The maximum atomic E-state index is 5.90. The van der Waals surface area contributed by atoms with Crippen molar-refractivity contribution in [2.75, 3.05) is 0 Å². The van der Waals surface area contributed by atoms with Crippen molar-refractivity contribution in [3.63, 3.8) is 0 Å². The SMILES string of the molecule is c1ccc(-c2ccc(-c3cc4ccccc4o3)cc2)cc1. The minimum absolute atomic E-state index is 0.913. The summed E-state index contributed by atoms with van der Waals surface area (Å²) in [7, 11) is 0. The van der Waals surface area contributed by atoms with E-state index in [0.717, 1.165) is 22.3 Å². The molecule has 0 saturated carbocycles. The first-order valence-corrected chi connectivity index (χ1v) is 7.04. The van der Waals surface area contributed by atoms with Crippen molar-refractivity contribution in [1.82, 2.24) is 0 Å². The lowest BCUT2D eigenvalue weighted by molar-refractivity contribution is 0.631. The number of rotatable bonds is 2. The molecule has 0 N–H and O–H groups in total. The van der Waals surface area contributed by atoms with Crippen molar-refractivity contribution >= 4 is 11.0 Å². The molecule has 0 aliphatic heterocycles. The van der Waals surface area contributed by atoms with Gasteiger partial charge in [0, 0.05) is 10.9 Å². The van der Waals surface area contributed by atoms with Gasteiger partial charge < -0.3 is 4.42 Å². The van der Waals surface area contributed by atoms with Gasteiger partial charge in [0.15, 0.2) is 0 Å². The van der Waals surface area contributed by atoms with Crippen LogP contribution < -0.4 is 0 Å². The Balaban J connectivity index is 1.73. The molecule has 0 atom stereocenters. The number of benzene rings is 3. The van der Waals surface area contributed by atoms with Crippen LogP contribution in [-0.4, -0.2) is 0 Å².